The molecule has 0 aliphatic heterocycles. The first kappa shape index (κ1) is 23.7. The minimum atomic E-state index is -0.169. The molecule has 0 radical (unpaired) electrons. The lowest BCUT2D eigenvalue weighted by atomic mass is 10.1. The number of rotatable bonds is 11. The van der Waals surface area contributed by atoms with Crippen molar-refractivity contribution in [1.82, 2.24) is 19.9 Å². The van der Waals surface area contributed by atoms with Crippen LogP contribution in [0.25, 0.3) is 11.2 Å². The lowest BCUT2D eigenvalue weighted by Gasteiger charge is -2.27. The minimum Gasteiger partial charge on any atom is -0.356 e. The van der Waals surface area contributed by atoms with Crippen LogP contribution in [0.2, 0.25) is 0 Å². The molecule has 3 rings (SSSR count). The zero-order valence-electron chi connectivity index (χ0n) is 19.9. The van der Waals surface area contributed by atoms with Gasteiger partial charge < -0.3 is 10.2 Å². The molecule has 1 aromatic carbocycles. The van der Waals surface area contributed by atoms with Gasteiger partial charge in [-0.2, -0.15) is 0 Å². The highest BCUT2D eigenvalue weighted by atomic mass is 16.1. The first-order valence-corrected chi connectivity index (χ1v) is 11.5. The summed E-state index contributed by atoms with van der Waals surface area (Å²) >= 11 is 0. The van der Waals surface area contributed by atoms with E-state index in [9.17, 15) is 4.79 Å². The molecule has 0 fully saturated rings. The van der Waals surface area contributed by atoms with Crippen molar-refractivity contribution >= 4 is 28.8 Å². The third kappa shape index (κ3) is 6.07. The Kier molecular flexibility index (Phi) is 8.22. The highest BCUT2D eigenvalue weighted by molar-refractivity contribution is 6.04. The molecule has 0 aliphatic rings. The quantitative estimate of drug-likeness (QED) is 0.436. The molecule has 0 saturated heterocycles. The highest BCUT2D eigenvalue weighted by Crippen LogP contribution is 2.24. The molecule has 0 saturated carbocycles. The van der Waals surface area contributed by atoms with Crippen LogP contribution in [0.4, 0.5) is 11.8 Å². The monoisotopic (exact) mass is 436 g/mol. The third-order valence-corrected chi connectivity index (χ3v) is 5.14. The summed E-state index contributed by atoms with van der Waals surface area (Å²) < 4.78 is 2.03. The number of aryl methyl sites for hydroxylation is 1. The number of hydrogen-bond donors (Lipinski definition) is 2. The fraction of sp³-hybridized carbons (Fsp3) is 0.480. The van der Waals surface area contributed by atoms with Crippen LogP contribution < -0.4 is 15.5 Å². The van der Waals surface area contributed by atoms with Crippen LogP contribution in [0.5, 0.6) is 0 Å². The first-order chi connectivity index (χ1) is 15.4. The van der Waals surface area contributed by atoms with E-state index in [-0.39, 0.29) is 5.91 Å². The maximum atomic E-state index is 12.8. The van der Waals surface area contributed by atoms with Gasteiger partial charge in [-0.15, -0.1) is 0 Å². The molecule has 32 heavy (non-hydrogen) atoms. The molecule has 0 aliphatic carbocycles. The van der Waals surface area contributed by atoms with Crippen LogP contribution in [0.15, 0.2) is 42.5 Å². The summed E-state index contributed by atoms with van der Waals surface area (Å²) in [6, 6.07) is 13.3. The van der Waals surface area contributed by atoms with Crippen LogP contribution in [0, 0.1) is 11.8 Å². The summed E-state index contributed by atoms with van der Waals surface area (Å²) in [5, 5.41) is 6.18. The standard InChI is InChI=1S/C25H36N6O/c1-18(2)16-30(17-19(3)4)22-13-12-21-23(28-22)31(15-9-14-26-5)25(27-21)29-24(32)20-10-7-6-8-11-20/h6-8,10-13,18-19,26H,9,14-17H2,1-5H3,(H,27,29,32). The molecule has 1 amide bonds. The van der Waals surface area contributed by atoms with Gasteiger partial charge in [0.25, 0.3) is 5.91 Å². The molecular formula is C25H36N6O. The SMILES string of the molecule is CNCCCn1c(NC(=O)c2ccccc2)nc2ccc(N(CC(C)C)CC(C)C)nc21. The Hall–Kier alpha value is -2.93. The summed E-state index contributed by atoms with van der Waals surface area (Å²) in [7, 11) is 1.94. The van der Waals surface area contributed by atoms with Crippen molar-refractivity contribution in [2.45, 2.75) is 40.7 Å². The van der Waals surface area contributed by atoms with E-state index in [4.69, 9.17) is 9.97 Å². The number of anilines is 2. The summed E-state index contributed by atoms with van der Waals surface area (Å²) in [6.45, 7) is 12.4. The van der Waals surface area contributed by atoms with Crippen molar-refractivity contribution in [3.8, 4) is 0 Å². The fourth-order valence-electron chi connectivity index (χ4n) is 3.80. The second-order valence-electron chi connectivity index (χ2n) is 9.07. The second-order valence-corrected chi connectivity index (χ2v) is 9.07. The summed E-state index contributed by atoms with van der Waals surface area (Å²) in [5.74, 6) is 2.39. The molecule has 0 atom stereocenters. The first-order valence-electron chi connectivity index (χ1n) is 11.5. The number of amides is 1. The van der Waals surface area contributed by atoms with E-state index in [0.29, 0.717) is 29.9 Å². The van der Waals surface area contributed by atoms with Crippen LogP contribution in [0.3, 0.4) is 0 Å². The number of imidazole rings is 1. The van der Waals surface area contributed by atoms with Crippen molar-refractivity contribution in [3.63, 3.8) is 0 Å². The molecule has 0 bridgehead atoms. The number of carbonyl (C=O) groups is 1. The smallest absolute Gasteiger partial charge is 0.257 e. The van der Waals surface area contributed by atoms with Gasteiger partial charge in [0.05, 0.1) is 0 Å². The summed E-state index contributed by atoms with van der Waals surface area (Å²) in [5.41, 5.74) is 2.20. The normalized spacial score (nSPS) is 11.5. The fourth-order valence-corrected chi connectivity index (χ4v) is 3.80. The lowest BCUT2D eigenvalue weighted by Crippen LogP contribution is -2.32. The van der Waals surface area contributed by atoms with Gasteiger partial charge in [0.1, 0.15) is 11.3 Å². The summed E-state index contributed by atoms with van der Waals surface area (Å²) in [4.78, 5) is 24.9. The maximum Gasteiger partial charge on any atom is 0.257 e. The molecule has 3 aromatic rings. The van der Waals surface area contributed by atoms with Gasteiger partial charge in [0.2, 0.25) is 5.95 Å². The predicted octanol–water partition coefficient (Wildman–Crippen LogP) is 4.41. The Labute approximate surface area is 191 Å². The molecular weight excluding hydrogens is 400 g/mol. The van der Waals surface area contributed by atoms with E-state index in [1.165, 1.54) is 0 Å². The predicted molar refractivity (Wildman–Crippen MR) is 132 cm³/mol. The van der Waals surface area contributed by atoms with Crippen LogP contribution in [0.1, 0.15) is 44.5 Å². The van der Waals surface area contributed by atoms with Crippen LogP contribution >= 0.6 is 0 Å². The number of pyridine rings is 1. The number of hydrogen-bond acceptors (Lipinski definition) is 5. The molecule has 0 unspecified atom stereocenters. The van der Waals surface area contributed by atoms with Gasteiger partial charge in [-0.1, -0.05) is 45.9 Å². The van der Waals surface area contributed by atoms with Crippen LogP contribution in [-0.2, 0) is 6.54 Å². The number of nitrogens with one attached hydrogen (secondary N) is 2. The third-order valence-electron chi connectivity index (χ3n) is 5.14. The Morgan fingerprint density at radius 2 is 1.69 bits per heavy atom. The van der Waals surface area contributed by atoms with E-state index in [2.05, 4.69) is 43.2 Å². The largest absolute Gasteiger partial charge is 0.356 e. The maximum absolute atomic E-state index is 12.8. The van der Waals surface area contributed by atoms with Crippen molar-refractivity contribution in [3.05, 3.63) is 48.0 Å². The average Bonchev–Trinajstić information content (AvgIpc) is 3.09. The van der Waals surface area contributed by atoms with Crippen LogP contribution in [-0.4, -0.2) is 47.1 Å². The number of carbonyl (C=O) groups excluding carboxylic acids is 1. The molecule has 2 heterocycles. The van der Waals surface area contributed by atoms with Crippen molar-refractivity contribution in [2.24, 2.45) is 11.8 Å². The van der Waals surface area contributed by atoms with Gasteiger partial charge >= 0.3 is 0 Å². The Bertz CT molecular complexity index is 1000. The van der Waals surface area contributed by atoms with Gasteiger partial charge in [-0.25, -0.2) is 9.97 Å². The van der Waals surface area contributed by atoms with Gasteiger partial charge in [-0.3, -0.25) is 14.7 Å². The van der Waals surface area contributed by atoms with E-state index in [1.54, 1.807) is 12.1 Å². The van der Waals surface area contributed by atoms with Crippen molar-refractivity contribution < 1.29 is 4.79 Å². The molecule has 2 aromatic heterocycles. The van der Waals surface area contributed by atoms with Gasteiger partial charge in [-0.05, 0) is 56.1 Å². The van der Waals surface area contributed by atoms with Gasteiger partial charge in [0, 0.05) is 25.2 Å². The Morgan fingerprint density at radius 3 is 2.31 bits per heavy atom. The molecule has 172 valence electrons. The lowest BCUT2D eigenvalue weighted by molar-refractivity contribution is 0.102. The molecule has 2 N–H and O–H groups in total. The zero-order chi connectivity index (χ0) is 23.1. The summed E-state index contributed by atoms with van der Waals surface area (Å²) in [6.07, 6.45) is 0.907. The number of fused-ring (bicyclic) bond motifs is 1. The van der Waals surface area contributed by atoms with E-state index in [0.717, 1.165) is 43.0 Å². The van der Waals surface area contributed by atoms with E-state index >= 15 is 0 Å². The number of benzene rings is 1. The molecule has 0 spiro atoms. The second kappa shape index (κ2) is 11.1. The number of nitrogens with zero attached hydrogens (tertiary/aromatic N) is 4. The number of aromatic nitrogens is 3. The Morgan fingerprint density at radius 1 is 1.00 bits per heavy atom. The van der Waals surface area contributed by atoms with E-state index in [1.807, 2.05) is 41.9 Å². The zero-order valence-corrected chi connectivity index (χ0v) is 19.9. The Balaban J connectivity index is 1.98. The van der Waals surface area contributed by atoms with Crippen molar-refractivity contribution in [1.29, 1.82) is 0 Å². The highest BCUT2D eigenvalue weighted by Gasteiger charge is 2.18. The minimum absolute atomic E-state index is 0.169. The van der Waals surface area contributed by atoms with Gasteiger partial charge in [0.15, 0.2) is 5.65 Å². The average molecular weight is 437 g/mol. The molecule has 7 heteroatoms. The topological polar surface area (TPSA) is 75.1 Å². The van der Waals surface area contributed by atoms with Crippen molar-refractivity contribution in [2.75, 3.05) is 36.9 Å². The van der Waals surface area contributed by atoms with E-state index < -0.39 is 0 Å². The molecule has 7 nitrogen and oxygen atoms in total.